The number of pyridine rings is 1. The van der Waals surface area contributed by atoms with Crippen molar-refractivity contribution in [2.24, 2.45) is 0 Å². The normalized spacial score (nSPS) is 11.9. The Morgan fingerprint density at radius 2 is 2.20 bits per heavy atom. The molecule has 0 aliphatic rings. The molecule has 3 heteroatoms. The lowest BCUT2D eigenvalue weighted by molar-refractivity contribution is 0.763. The largest absolute Gasteiger partial charge is 0.381 e. The summed E-state index contributed by atoms with van der Waals surface area (Å²) in [7, 11) is 0. The third-order valence-electron chi connectivity index (χ3n) is 2.45. The highest BCUT2D eigenvalue weighted by Gasteiger charge is 2.09. The van der Waals surface area contributed by atoms with Crippen LogP contribution in [0.15, 0.2) is 6.07 Å². The number of rotatable bonds is 3. The molecule has 15 heavy (non-hydrogen) atoms. The molecule has 1 heterocycles. The van der Waals surface area contributed by atoms with Crippen LogP contribution < -0.4 is 5.32 Å². The first kappa shape index (κ1) is 11.5. The molecule has 0 bridgehead atoms. The highest BCUT2D eigenvalue weighted by atomic mass is 14.9. The summed E-state index contributed by atoms with van der Waals surface area (Å²) in [5.74, 6) is 0. The molecular formula is C12H17N3. The van der Waals surface area contributed by atoms with Gasteiger partial charge in [-0.2, -0.15) is 5.26 Å². The van der Waals surface area contributed by atoms with Crippen molar-refractivity contribution in [1.82, 2.24) is 4.98 Å². The molecule has 0 radical (unpaired) electrons. The zero-order valence-corrected chi connectivity index (χ0v) is 9.76. The second-order valence-electron chi connectivity index (χ2n) is 3.84. The van der Waals surface area contributed by atoms with Gasteiger partial charge in [0.05, 0.1) is 16.9 Å². The first-order chi connectivity index (χ1) is 7.08. The number of nitriles is 1. The van der Waals surface area contributed by atoms with Gasteiger partial charge in [0.25, 0.3) is 0 Å². The van der Waals surface area contributed by atoms with Gasteiger partial charge in [-0.3, -0.25) is 4.98 Å². The summed E-state index contributed by atoms with van der Waals surface area (Å²) in [6, 6.07) is 4.50. The molecule has 0 amide bonds. The van der Waals surface area contributed by atoms with Crippen molar-refractivity contribution in [2.45, 2.75) is 40.2 Å². The maximum Gasteiger partial charge on any atom is 0.103 e. The summed E-state index contributed by atoms with van der Waals surface area (Å²) in [6.07, 6.45) is 1.03. The topological polar surface area (TPSA) is 48.7 Å². The van der Waals surface area contributed by atoms with Gasteiger partial charge >= 0.3 is 0 Å². The quantitative estimate of drug-likeness (QED) is 0.821. The Labute approximate surface area is 91.1 Å². The predicted octanol–water partition coefficient (Wildman–Crippen LogP) is 2.78. The number of aryl methyl sites for hydroxylation is 2. The molecule has 0 fully saturated rings. The summed E-state index contributed by atoms with van der Waals surface area (Å²) in [5, 5.41) is 12.4. The summed E-state index contributed by atoms with van der Waals surface area (Å²) >= 11 is 0. The Hall–Kier alpha value is -1.56. The van der Waals surface area contributed by atoms with E-state index in [2.05, 4.69) is 30.2 Å². The van der Waals surface area contributed by atoms with Gasteiger partial charge in [-0.05, 0) is 33.3 Å². The van der Waals surface area contributed by atoms with Crippen molar-refractivity contribution in [1.29, 1.82) is 5.26 Å². The highest BCUT2D eigenvalue weighted by molar-refractivity contribution is 5.60. The third-order valence-corrected chi connectivity index (χ3v) is 2.45. The molecular weight excluding hydrogens is 186 g/mol. The van der Waals surface area contributed by atoms with Crippen LogP contribution in [0, 0.1) is 25.2 Å². The summed E-state index contributed by atoms with van der Waals surface area (Å²) in [6.45, 7) is 8.03. The van der Waals surface area contributed by atoms with Crippen LogP contribution in [-0.4, -0.2) is 11.0 Å². The van der Waals surface area contributed by atoms with E-state index in [1.807, 2.05) is 19.9 Å². The molecule has 0 aliphatic heterocycles. The van der Waals surface area contributed by atoms with Crippen LogP contribution in [-0.2, 0) is 0 Å². The molecule has 1 unspecified atom stereocenters. The van der Waals surface area contributed by atoms with Crippen LogP contribution in [0.5, 0.6) is 0 Å². The summed E-state index contributed by atoms with van der Waals surface area (Å²) in [4.78, 5) is 4.28. The van der Waals surface area contributed by atoms with Gasteiger partial charge in [0, 0.05) is 11.7 Å². The van der Waals surface area contributed by atoms with E-state index < -0.39 is 0 Å². The van der Waals surface area contributed by atoms with Gasteiger partial charge < -0.3 is 5.32 Å². The first-order valence-corrected chi connectivity index (χ1v) is 5.23. The van der Waals surface area contributed by atoms with Crippen molar-refractivity contribution in [3.05, 3.63) is 23.0 Å². The van der Waals surface area contributed by atoms with E-state index >= 15 is 0 Å². The standard InChI is InChI=1S/C12H17N3/c1-5-8(2)15-12-6-9(3)14-10(4)11(12)7-13/h6,8H,5H2,1-4H3,(H,14,15). The van der Waals surface area contributed by atoms with Gasteiger partial charge in [-0.1, -0.05) is 6.92 Å². The average Bonchev–Trinajstić information content (AvgIpc) is 2.17. The number of anilines is 1. The van der Waals surface area contributed by atoms with E-state index in [-0.39, 0.29) is 0 Å². The smallest absolute Gasteiger partial charge is 0.103 e. The van der Waals surface area contributed by atoms with E-state index in [0.29, 0.717) is 11.6 Å². The van der Waals surface area contributed by atoms with E-state index in [1.165, 1.54) is 0 Å². The number of aromatic nitrogens is 1. The average molecular weight is 203 g/mol. The molecule has 1 aromatic rings. The fourth-order valence-corrected chi connectivity index (χ4v) is 1.45. The Kier molecular flexibility index (Phi) is 3.68. The Morgan fingerprint density at radius 3 is 2.73 bits per heavy atom. The fourth-order valence-electron chi connectivity index (χ4n) is 1.45. The summed E-state index contributed by atoms with van der Waals surface area (Å²) in [5.41, 5.74) is 3.29. The lowest BCUT2D eigenvalue weighted by Crippen LogP contribution is -2.15. The number of hydrogen-bond donors (Lipinski definition) is 1. The maximum atomic E-state index is 9.05. The van der Waals surface area contributed by atoms with Crippen molar-refractivity contribution in [3.63, 3.8) is 0 Å². The summed E-state index contributed by atoms with van der Waals surface area (Å²) < 4.78 is 0. The molecule has 3 nitrogen and oxygen atoms in total. The van der Waals surface area contributed by atoms with Gasteiger partial charge in [-0.15, -0.1) is 0 Å². The fraction of sp³-hybridized carbons (Fsp3) is 0.500. The molecule has 0 aliphatic carbocycles. The third kappa shape index (κ3) is 2.69. The Balaban J connectivity index is 3.10. The SMILES string of the molecule is CCC(C)Nc1cc(C)nc(C)c1C#N. The molecule has 1 N–H and O–H groups in total. The van der Waals surface area contributed by atoms with Crippen LogP contribution in [0.2, 0.25) is 0 Å². The van der Waals surface area contributed by atoms with Gasteiger partial charge in [0.2, 0.25) is 0 Å². The zero-order chi connectivity index (χ0) is 11.4. The Morgan fingerprint density at radius 1 is 1.53 bits per heavy atom. The monoisotopic (exact) mass is 203 g/mol. The van der Waals surface area contributed by atoms with Gasteiger partial charge in [-0.25, -0.2) is 0 Å². The van der Waals surface area contributed by atoms with E-state index in [4.69, 9.17) is 5.26 Å². The number of nitrogens with one attached hydrogen (secondary N) is 1. The van der Waals surface area contributed by atoms with Crippen molar-refractivity contribution in [3.8, 4) is 6.07 Å². The predicted molar refractivity (Wildman–Crippen MR) is 61.8 cm³/mol. The van der Waals surface area contributed by atoms with Crippen LogP contribution >= 0.6 is 0 Å². The van der Waals surface area contributed by atoms with Gasteiger partial charge in [0.15, 0.2) is 0 Å². The first-order valence-electron chi connectivity index (χ1n) is 5.23. The molecule has 0 aromatic carbocycles. The number of nitrogens with zero attached hydrogens (tertiary/aromatic N) is 2. The molecule has 1 atom stereocenters. The van der Waals surface area contributed by atoms with Crippen molar-refractivity contribution >= 4 is 5.69 Å². The lowest BCUT2D eigenvalue weighted by atomic mass is 10.1. The van der Waals surface area contributed by atoms with Gasteiger partial charge in [0.1, 0.15) is 6.07 Å². The van der Waals surface area contributed by atoms with Crippen molar-refractivity contribution < 1.29 is 0 Å². The molecule has 80 valence electrons. The van der Waals surface area contributed by atoms with Crippen molar-refractivity contribution in [2.75, 3.05) is 5.32 Å². The number of hydrogen-bond acceptors (Lipinski definition) is 3. The van der Waals surface area contributed by atoms with Crippen LogP contribution in [0.25, 0.3) is 0 Å². The lowest BCUT2D eigenvalue weighted by Gasteiger charge is -2.15. The van der Waals surface area contributed by atoms with Crippen LogP contribution in [0.1, 0.15) is 37.2 Å². The molecule has 1 aromatic heterocycles. The minimum absolute atomic E-state index is 0.373. The maximum absolute atomic E-state index is 9.05. The minimum Gasteiger partial charge on any atom is -0.381 e. The second-order valence-corrected chi connectivity index (χ2v) is 3.84. The van der Waals surface area contributed by atoms with E-state index in [9.17, 15) is 0 Å². The second kappa shape index (κ2) is 4.79. The van der Waals surface area contributed by atoms with E-state index in [0.717, 1.165) is 23.5 Å². The van der Waals surface area contributed by atoms with Crippen LogP contribution in [0.3, 0.4) is 0 Å². The highest BCUT2D eigenvalue weighted by Crippen LogP contribution is 2.19. The van der Waals surface area contributed by atoms with E-state index in [1.54, 1.807) is 0 Å². The minimum atomic E-state index is 0.373. The molecule has 1 rings (SSSR count). The molecule has 0 saturated heterocycles. The molecule has 0 spiro atoms. The Bertz CT molecular complexity index is 391. The molecule has 0 saturated carbocycles. The zero-order valence-electron chi connectivity index (χ0n) is 9.76. The van der Waals surface area contributed by atoms with Crippen LogP contribution in [0.4, 0.5) is 5.69 Å².